The van der Waals surface area contributed by atoms with E-state index in [1.807, 2.05) is 13.8 Å². The minimum Gasteiger partial charge on any atom is -0.465 e. The maximum Gasteiger partial charge on any atom is 0.337 e. The number of ether oxygens (including phenoxy) is 2. The summed E-state index contributed by atoms with van der Waals surface area (Å²) in [6, 6.07) is 5.22. The van der Waals surface area contributed by atoms with Crippen molar-refractivity contribution < 1.29 is 19.1 Å². The summed E-state index contributed by atoms with van der Waals surface area (Å²) < 4.78 is 10.1. The molecule has 6 heteroatoms. The largest absolute Gasteiger partial charge is 0.465 e. The number of anilines is 1. The SMILES string of the molecule is COC(=O)c1ccc(NCC(=O)N2CCO[C@@H](C)C2)c(C)c1. The van der Waals surface area contributed by atoms with Gasteiger partial charge in [-0.25, -0.2) is 4.79 Å². The quantitative estimate of drug-likeness (QED) is 0.853. The van der Waals surface area contributed by atoms with E-state index in [0.717, 1.165) is 11.3 Å². The van der Waals surface area contributed by atoms with Crippen molar-refractivity contribution in [3.05, 3.63) is 29.3 Å². The van der Waals surface area contributed by atoms with Gasteiger partial charge in [-0.1, -0.05) is 0 Å². The van der Waals surface area contributed by atoms with E-state index in [0.29, 0.717) is 25.3 Å². The van der Waals surface area contributed by atoms with Gasteiger partial charge in [0.05, 0.1) is 31.9 Å². The molecule has 6 nitrogen and oxygen atoms in total. The molecule has 1 aliphatic heterocycles. The van der Waals surface area contributed by atoms with Crippen LogP contribution < -0.4 is 5.32 Å². The highest BCUT2D eigenvalue weighted by Gasteiger charge is 2.21. The Kier molecular flexibility index (Phi) is 5.38. The first kappa shape index (κ1) is 16.3. The third-order valence-corrected chi connectivity index (χ3v) is 3.67. The normalized spacial score (nSPS) is 18.0. The van der Waals surface area contributed by atoms with Gasteiger partial charge in [-0.05, 0) is 37.6 Å². The molecule has 1 N–H and O–H groups in total. The Morgan fingerprint density at radius 3 is 2.86 bits per heavy atom. The molecule has 1 saturated heterocycles. The standard InChI is InChI=1S/C16H22N2O4/c1-11-8-13(16(20)21-3)4-5-14(11)17-9-15(19)18-6-7-22-12(2)10-18/h4-5,8,12,17H,6-7,9-10H2,1-3H3/t12-/m0/s1. The van der Waals surface area contributed by atoms with Crippen molar-refractivity contribution in [3.8, 4) is 0 Å². The minimum atomic E-state index is -0.368. The molecule has 1 aromatic carbocycles. The zero-order valence-electron chi connectivity index (χ0n) is 13.2. The van der Waals surface area contributed by atoms with Crippen LogP contribution in [-0.2, 0) is 14.3 Å². The number of morpholine rings is 1. The highest BCUT2D eigenvalue weighted by Crippen LogP contribution is 2.17. The fourth-order valence-electron chi connectivity index (χ4n) is 2.43. The van der Waals surface area contributed by atoms with Crippen molar-refractivity contribution in [1.29, 1.82) is 0 Å². The maximum atomic E-state index is 12.2. The third-order valence-electron chi connectivity index (χ3n) is 3.67. The van der Waals surface area contributed by atoms with Crippen molar-refractivity contribution in [1.82, 2.24) is 4.90 Å². The molecule has 0 radical (unpaired) electrons. The summed E-state index contributed by atoms with van der Waals surface area (Å²) in [5.41, 5.74) is 2.23. The predicted octanol–water partition coefficient (Wildman–Crippen LogP) is 1.44. The monoisotopic (exact) mass is 306 g/mol. The lowest BCUT2D eigenvalue weighted by Gasteiger charge is -2.31. The molecular formula is C16H22N2O4. The van der Waals surface area contributed by atoms with Crippen LogP contribution in [0.5, 0.6) is 0 Å². The zero-order valence-corrected chi connectivity index (χ0v) is 13.2. The second-order valence-electron chi connectivity index (χ2n) is 5.40. The second kappa shape index (κ2) is 7.26. The average molecular weight is 306 g/mol. The summed E-state index contributed by atoms with van der Waals surface area (Å²) in [6.07, 6.45) is 0.0822. The van der Waals surface area contributed by atoms with Crippen LogP contribution in [0.25, 0.3) is 0 Å². The van der Waals surface area contributed by atoms with Gasteiger partial charge in [-0.3, -0.25) is 4.79 Å². The number of carbonyl (C=O) groups is 2. The van der Waals surface area contributed by atoms with E-state index in [1.165, 1.54) is 7.11 Å². The van der Waals surface area contributed by atoms with Gasteiger partial charge in [0.15, 0.2) is 0 Å². The number of aryl methyl sites for hydroxylation is 1. The van der Waals surface area contributed by atoms with E-state index in [4.69, 9.17) is 4.74 Å². The molecule has 1 heterocycles. The lowest BCUT2D eigenvalue weighted by molar-refractivity contribution is -0.136. The van der Waals surface area contributed by atoms with E-state index < -0.39 is 0 Å². The van der Waals surface area contributed by atoms with Gasteiger partial charge in [-0.15, -0.1) is 0 Å². The summed E-state index contributed by atoms with van der Waals surface area (Å²) in [5.74, 6) is -0.320. The van der Waals surface area contributed by atoms with Gasteiger partial charge in [0.1, 0.15) is 0 Å². The van der Waals surface area contributed by atoms with Gasteiger partial charge >= 0.3 is 5.97 Å². The van der Waals surface area contributed by atoms with Crippen LogP contribution >= 0.6 is 0 Å². The summed E-state index contributed by atoms with van der Waals surface area (Å²) in [5, 5.41) is 3.12. The van der Waals surface area contributed by atoms with Crippen molar-refractivity contribution in [3.63, 3.8) is 0 Å². The van der Waals surface area contributed by atoms with E-state index in [1.54, 1.807) is 23.1 Å². The average Bonchev–Trinajstić information content (AvgIpc) is 2.52. The van der Waals surface area contributed by atoms with Crippen molar-refractivity contribution >= 4 is 17.6 Å². The molecule has 2 rings (SSSR count). The summed E-state index contributed by atoms with van der Waals surface area (Å²) in [6.45, 7) is 5.91. The molecule has 22 heavy (non-hydrogen) atoms. The van der Waals surface area contributed by atoms with E-state index in [2.05, 4.69) is 10.1 Å². The Hall–Kier alpha value is -2.08. The summed E-state index contributed by atoms with van der Waals surface area (Å²) >= 11 is 0. The number of hydrogen-bond donors (Lipinski definition) is 1. The second-order valence-corrected chi connectivity index (χ2v) is 5.40. The molecule has 0 aromatic heterocycles. The Morgan fingerprint density at radius 2 is 2.23 bits per heavy atom. The molecule has 1 atom stereocenters. The molecule has 0 bridgehead atoms. The lowest BCUT2D eigenvalue weighted by atomic mass is 10.1. The van der Waals surface area contributed by atoms with Gasteiger partial charge < -0.3 is 19.7 Å². The number of carbonyl (C=O) groups excluding carboxylic acids is 2. The Morgan fingerprint density at radius 1 is 1.45 bits per heavy atom. The first-order valence-electron chi connectivity index (χ1n) is 7.33. The van der Waals surface area contributed by atoms with Crippen LogP contribution in [0.4, 0.5) is 5.69 Å². The number of hydrogen-bond acceptors (Lipinski definition) is 5. The van der Waals surface area contributed by atoms with Crippen molar-refractivity contribution in [2.75, 3.05) is 38.7 Å². The molecule has 0 saturated carbocycles. The van der Waals surface area contributed by atoms with Crippen molar-refractivity contribution in [2.45, 2.75) is 20.0 Å². The van der Waals surface area contributed by atoms with Gasteiger partial charge in [0, 0.05) is 18.8 Å². The van der Waals surface area contributed by atoms with Crippen LogP contribution in [0.2, 0.25) is 0 Å². The van der Waals surface area contributed by atoms with Gasteiger partial charge in [0.25, 0.3) is 0 Å². The summed E-state index contributed by atoms with van der Waals surface area (Å²) in [4.78, 5) is 25.5. The van der Waals surface area contributed by atoms with Crippen LogP contribution in [0.1, 0.15) is 22.8 Å². The predicted molar refractivity (Wildman–Crippen MR) is 83.0 cm³/mol. The van der Waals surface area contributed by atoms with Crippen LogP contribution in [0.15, 0.2) is 18.2 Å². The Balaban J connectivity index is 1.93. The molecule has 0 spiro atoms. The fourth-order valence-corrected chi connectivity index (χ4v) is 2.43. The highest BCUT2D eigenvalue weighted by molar-refractivity contribution is 5.90. The number of benzene rings is 1. The highest BCUT2D eigenvalue weighted by atomic mass is 16.5. The molecule has 1 amide bonds. The Labute approximate surface area is 130 Å². The minimum absolute atomic E-state index is 0.0478. The maximum absolute atomic E-state index is 12.2. The molecule has 0 unspecified atom stereocenters. The molecule has 1 aliphatic rings. The summed E-state index contributed by atoms with van der Waals surface area (Å²) in [7, 11) is 1.35. The van der Waals surface area contributed by atoms with Crippen LogP contribution in [-0.4, -0.2) is 56.2 Å². The topological polar surface area (TPSA) is 67.9 Å². The number of methoxy groups -OCH3 is 1. The first-order valence-corrected chi connectivity index (χ1v) is 7.33. The number of esters is 1. The van der Waals surface area contributed by atoms with Crippen LogP contribution in [0.3, 0.4) is 0 Å². The molecule has 1 aromatic rings. The molecule has 1 fully saturated rings. The van der Waals surface area contributed by atoms with Crippen LogP contribution in [0, 0.1) is 6.92 Å². The van der Waals surface area contributed by atoms with Crippen molar-refractivity contribution in [2.24, 2.45) is 0 Å². The number of nitrogens with zero attached hydrogens (tertiary/aromatic N) is 1. The zero-order chi connectivity index (χ0) is 16.1. The Bertz CT molecular complexity index is 559. The third kappa shape index (κ3) is 3.98. The number of rotatable bonds is 4. The lowest BCUT2D eigenvalue weighted by Crippen LogP contribution is -2.46. The van der Waals surface area contributed by atoms with E-state index in [-0.39, 0.29) is 24.5 Å². The molecular weight excluding hydrogens is 284 g/mol. The van der Waals surface area contributed by atoms with E-state index in [9.17, 15) is 9.59 Å². The molecule has 0 aliphatic carbocycles. The molecule has 120 valence electrons. The van der Waals surface area contributed by atoms with Gasteiger partial charge in [-0.2, -0.15) is 0 Å². The fraction of sp³-hybridized carbons (Fsp3) is 0.500. The van der Waals surface area contributed by atoms with E-state index >= 15 is 0 Å². The smallest absolute Gasteiger partial charge is 0.337 e. The number of amides is 1. The first-order chi connectivity index (χ1) is 10.5. The number of nitrogens with one attached hydrogen (secondary N) is 1. The van der Waals surface area contributed by atoms with Gasteiger partial charge in [0.2, 0.25) is 5.91 Å².